The highest BCUT2D eigenvalue weighted by Gasteiger charge is 2.23. The number of H-pyrrole nitrogens is 1. The molecule has 2 aromatic heterocycles. The third-order valence-electron chi connectivity index (χ3n) is 5.77. The van der Waals surface area contributed by atoms with Crippen LogP contribution in [0.3, 0.4) is 0 Å². The van der Waals surface area contributed by atoms with Crippen LogP contribution in [-0.2, 0) is 4.79 Å². The molecule has 0 radical (unpaired) electrons. The largest absolute Gasteiger partial charge is 0.496 e. The molecule has 8 heteroatoms. The zero-order valence-corrected chi connectivity index (χ0v) is 19.0. The molecule has 4 rings (SSSR count). The van der Waals surface area contributed by atoms with E-state index in [9.17, 15) is 15.0 Å². The molecule has 1 amide bonds. The van der Waals surface area contributed by atoms with E-state index in [1.807, 2.05) is 42.6 Å². The van der Waals surface area contributed by atoms with E-state index in [1.54, 1.807) is 31.5 Å². The summed E-state index contributed by atoms with van der Waals surface area (Å²) in [5.41, 5.74) is 4.68. The van der Waals surface area contributed by atoms with E-state index >= 15 is 0 Å². The number of hydrogen-bond acceptors (Lipinski definition) is 6. The number of pyridine rings is 1. The monoisotopic (exact) mass is 461 g/mol. The summed E-state index contributed by atoms with van der Waals surface area (Å²) >= 11 is 0. The van der Waals surface area contributed by atoms with Gasteiger partial charge in [-0.25, -0.2) is 4.98 Å². The van der Waals surface area contributed by atoms with Crippen LogP contribution in [0.5, 0.6) is 5.75 Å². The molecule has 0 saturated heterocycles. The van der Waals surface area contributed by atoms with Gasteiger partial charge in [-0.15, -0.1) is 0 Å². The van der Waals surface area contributed by atoms with E-state index in [1.165, 1.54) is 11.9 Å². The number of carbonyl (C=O) groups excluding carboxylic acids is 1. The molecule has 0 aliphatic carbocycles. The normalized spacial score (nSPS) is 13.0. The zero-order chi connectivity index (χ0) is 24.2. The molecule has 176 valence electrons. The fourth-order valence-electron chi connectivity index (χ4n) is 3.95. The third kappa shape index (κ3) is 4.65. The van der Waals surface area contributed by atoms with E-state index in [0.29, 0.717) is 5.56 Å². The smallest absolute Gasteiger partial charge is 0.255 e. The van der Waals surface area contributed by atoms with Crippen molar-refractivity contribution in [2.45, 2.75) is 12.2 Å². The van der Waals surface area contributed by atoms with Gasteiger partial charge in [0, 0.05) is 48.1 Å². The van der Waals surface area contributed by atoms with Crippen molar-refractivity contribution in [2.75, 3.05) is 27.3 Å². The summed E-state index contributed by atoms with van der Waals surface area (Å²) in [6.07, 6.45) is 1.17. The molecule has 2 heterocycles. The van der Waals surface area contributed by atoms with Gasteiger partial charge < -0.3 is 29.9 Å². The molecular weight excluding hydrogens is 434 g/mol. The number of methoxy groups -OCH3 is 1. The van der Waals surface area contributed by atoms with E-state index < -0.39 is 24.7 Å². The quantitative estimate of drug-likeness (QED) is 0.320. The molecule has 8 nitrogen and oxygen atoms in total. The van der Waals surface area contributed by atoms with Crippen molar-refractivity contribution in [1.29, 1.82) is 0 Å². The number of nitrogens with zero attached hydrogens (tertiary/aromatic N) is 2. The van der Waals surface area contributed by atoms with Crippen LogP contribution in [0.25, 0.3) is 33.3 Å². The second kappa shape index (κ2) is 10.0. The molecule has 0 spiro atoms. The Morgan fingerprint density at radius 2 is 1.88 bits per heavy atom. The lowest BCUT2D eigenvalue weighted by molar-refractivity contribution is -0.140. The Morgan fingerprint density at radius 1 is 1.09 bits per heavy atom. The Kier molecular flexibility index (Phi) is 6.93. The summed E-state index contributed by atoms with van der Waals surface area (Å²) < 4.78 is 5.52. The summed E-state index contributed by atoms with van der Waals surface area (Å²) in [6, 6.07) is 16.8. The maximum atomic E-state index is 12.6. The summed E-state index contributed by atoms with van der Waals surface area (Å²) in [5.74, 6) is 0.190. The van der Waals surface area contributed by atoms with Crippen LogP contribution in [0, 0.1) is 0 Å². The van der Waals surface area contributed by atoms with Gasteiger partial charge in [0.2, 0.25) is 0 Å². The highest BCUT2D eigenvalue weighted by Crippen LogP contribution is 2.36. The van der Waals surface area contributed by atoms with E-state index in [-0.39, 0.29) is 6.54 Å². The molecule has 0 aliphatic rings. The van der Waals surface area contributed by atoms with Crippen molar-refractivity contribution in [3.05, 3.63) is 72.6 Å². The molecule has 2 aromatic carbocycles. The van der Waals surface area contributed by atoms with Crippen molar-refractivity contribution in [3.8, 4) is 28.0 Å². The van der Waals surface area contributed by atoms with Crippen molar-refractivity contribution >= 4 is 16.9 Å². The molecule has 0 saturated carbocycles. The number of nitrogens with one attached hydrogen (secondary N) is 1. The van der Waals surface area contributed by atoms with Crippen LogP contribution in [0.15, 0.2) is 67.0 Å². The van der Waals surface area contributed by atoms with Crippen molar-refractivity contribution in [1.82, 2.24) is 14.9 Å². The molecule has 0 aliphatic heterocycles. The first-order chi connectivity index (χ1) is 16.4. The van der Waals surface area contributed by atoms with Crippen LogP contribution in [0.2, 0.25) is 0 Å². The average Bonchev–Trinajstić information content (AvgIpc) is 3.30. The number of aliphatic hydroxyl groups is 3. The van der Waals surface area contributed by atoms with Crippen molar-refractivity contribution in [3.63, 3.8) is 0 Å². The lowest BCUT2D eigenvalue weighted by atomic mass is 9.99. The molecule has 0 fully saturated rings. The van der Waals surface area contributed by atoms with Crippen LogP contribution in [0.4, 0.5) is 0 Å². The van der Waals surface area contributed by atoms with Gasteiger partial charge >= 0.3 is 0 Å². The van der Waals surface area contributed by atoms with Crippen LogP contribution < -0.4 is 4.74 Å². The Labute approximate surface area is 197 Å². The number of para-hydroxylation sites is 1. The van der Waals surface area contributed by atoms with E-state index in [2.05, 4.69) is 9.97 Å². The number of carbonyl (C=O) groups is 1. The molecule has 4 N–H and O–H groups in total. The summed E-state index contributed by atoms with van der Waals surface area (Å²) in [5, 5.41) is 30.1. The van der Waals surface area contributed by atoms with Crippen molar-refractivity contribution in [2.24, 2.45) is 0 Å². The molecule has 0 bridgehead atoms. The number of rotatable bonds is 8. The van der Waals surface area contributed by atoms with Gasteiger partial charge in [0.15, 0.2) is 6.10 Å². The number of aromatic nitrogens is 2. The number of ether oxygens (including phenoxy) is 1. The second-order valence-corrected chi connectivity index (χ2v) is 8.11. The Balaban J connectivity index is 1.67. The summed E-state index contributed by atoms with van der Waals surface area (Å²) in [6.45, 7) is -0.541. The van der Waals surface area contributed by atoms with Crippen LogP contribution in [-0.4, -0.2) is 69.5 Å². The SMILES string of the molecule is COc1ccccc1-c1c[nH]c2ncc(-c3cccc(C(O)C(=O)N(C)C[C@@H](O)CO)c3)cc12. The standard InChI is InChI=1S/C26H27N3O5/c1-29(14-19(31)15-30)26(33)24(32)17-7-5-6-16(10-17)18-11-21-22(13-28-25(21)27-12-18)20-8-3-4-9-23(20)34-2/h3-13,19,24,30-32H,14-15H2,1-2H3,(H,27,28)/t19-,24?/m1/s1. The zero-order valence-electron chi connectivity index (χ0n) is 19.0. The predicted octanol–water partition coefficient (Wildman–Crippen LogP) is 2.75. The van der Waals surface area contributed by atoms with Gasteiger partial charge in [0.1, 0.15) is 11.4 Å². The fourth-order valence-corrected chi connectivity index (χ4v) is 3.95. The summed E-state index contributed by atoms with van der Waals surface area (Å²) in [7, 11) is 3.11. The van der Waals surface area contributed by atoms with Gasteiger partial charge in [0.25, 0.3) is 5.91 Å². The van der Waals surface area contributed by atoms with E-state index in [0.717, 1.165) is 39.0 Å². The molecular formula is C26H27N3O5. The maximum Gasteiger partial charge on any atom is 0.255 e. The van der Waals surface area contributed by atoms with Gasteiger partial charge in [-0.1, -0.05) is 36.4 Å². The summed E-state index contributed by atoms with van der Waals surface area (Å²) in [4.78, 5) is 21.6. The third-order valence-corrected chi connectivity index (χ3v) is 5.77. The predicted molar refractivity (Wildman–Crippen MR) is 129 cm³/mol. The lowest BCUT2D eigenvalue weighted by Crippen LogP contribution is -2.38. The minimum atomic E-state index is -1.40. The second-order valence-electron chi connectivity index (χ2n) is 8.11. The Bertz CT molecular complexity index is 1300. The van der Waals surface area contributed by atoms with E-state index in [4.69, 9.17) is 9.84 Å². The Hall–Kier alpha value is -3.72. The lowest BCUT2D eigenvalue weighted by Gasteiger charge is -2.23. The molecule has 2 atom stereocenters. The number of aliphatic hydroxyl groups excluding tert-OH is 3. The highest BCUT2D eigenvalue weighted by molar-refractivity contribution is 5.97. The van der Waals surface area contributed by atoms with Gasteiger partial charge in [-0.05, 0) is 29.3 Å². The maximum absolute atomic E-state index is 12.6. The van der Waals surface area contributed by atoms with Crippen LogP contribution >= 0.6 is 0 Å². The number of benzene rings is 2. The van der Waals surface area contributed by atoms with Gasteiger partial charge in [-0.3, -0.25) is 4.79 Å². The first-order valence-corrected chi connectivity index (χ1v) is 10.9. The molecule has 4 aromatic rings. The van der Waals surface area contributed by atoms with Gasteiger partial charge in [0.05, 0.1) is 19.8 Å². The fraction of sp³-hybridized carbons (Fsp3) is 0.231. The number of fused-ring (bicyclic) bond motifs is 1. The number of amides is 1. The van der Waals surface area contributed by atoms with Crippen LogP contribution in [0.1, 0.15) is 11.7 Å². The first-order valence-electron chi connectivity index (χ1n) is 10.9. The van der Waals surface area contributed by atoms with Crippen molar-refractivity contribution < 1.29 is 24.9 Å². The average molecular weight is 462 g/mol. The highest BCUT2D eigenvalue weighted by atomic mass is 16.5. The number of hydrogen-bond donors (Lipinski definition) is 4. The topological polar surface area (TPSA) is 119 Å². The Morgan fingerprint density at radius 3 is 2.65 bits per heavy atom. The minimum absolute atomic E-state index is 0.0775. The molecule has 1 unspecified atom stereocenters. The number of likely N-dealkylation sites (N-methyl/N-ethyl adjacent to an activating group) is 1. The number of aromatic amines is 1. The van der Waals surface area contributed by atoms with Gasteiger partial charge in [-0.2, -0.15) is 0 Å². The first kappa shape index (κ1) is 23.4. The molecule has 34 heavy (non-hydrogen) atoms. The minimum Gasteiger partial charge on any atom is -0.496 e.